The van der Waals surface area contributed by atoms with Gasteiger partial charge in [-0.25, -0.2) is 4.79 Å². The Morgan fingerprint density at radius 3 is 2.46 bits per heavy atom. The summed E-state index contributed by atoms with van der Waals surface area (Å²) in [4.78, 5) is 34.0. The average molecular weight is 362 g/mol. The molecular weight excluding hydrogens is 340 g/mol. The fraction of sp³-hybridized carbons (Fsp3) is 0.421. The lowest BCUT2D eigenvalue weighted by Crippen LogP contribution is -2.20. The van der Waals surface area contributed by atoms with Gasteiger partial charge >= 0.3 is 17.9 Å². The van der Waals surface area contributed by atoms with Crippen molar-refractivity contribution in [3.05, 3.63) is 36.1 Å². The number of furan rings is 1. The highest BCUT2D eigenvalue weighted by molar-refractivity contribution is 5.92. The molecule has 1 aromatic carbocycles. The SMILES string of the molecule is CC(=O)OCCC[C@H](CCOC(=O)c1cc2ccccc2o1)OC(C)=O. The lowest BCUT2D eigenvalue weighted by atomic mass is 10.1. The van der Waals surface area contributed by atoms with Crippen molar-refractivity contribution in [1.82, 2.24) is 0 Å². The van der Waals surface area contributed by atoms with E-state index >= 15 is 0 Å². The van der Waals surface area contributed by atoms with Gasteiger partial charge in [-0.1, -0.05) is 18.2 Å². The molecule has 1 heterocycles. The van der Waals surface area contributed by atoms with Gasteiger partial charge in [-0.3, -0.25) is 9.59 Å². The first kappa shape index (κ1) is 19.5. The Hall–Kier alpha value is -2.83. The molecule has 0 aliphatic heterocycles. The molecule has 7 nitrogen and oxygen atoms in total. The maximum atomic E-state index is 12.1. The Kier molecular flexibility index (Phi) is 7.20. The normalized spacial score (nSPS) is 11.8. The zero-order valence-electron chi connectivity index (χ0n) is 14.9. The number of ether oxygens (including phenoxy) is 3. The molecule has 26 heavy (non-hydrogen) atoms. The first-order chi connectivity index (χ1) is 12.5. The summed E-state index contributed by atoms with van der Waals surface area (Å²) in [6.45, 7) is 2.99. The third kappa shape index (κ3) is 6.23. The number of hydrogen-bond donors (Lipinski definition) is 0. The predicted octanol–water partition coefficient (Wildman–Crippen LogP) is 3.25. The molecule has 0 aliphatic carbocycles. The molecule has 0 spiro atoms. The highest BCUT2D eigenvalue weighted by Gasteiger charge is 2.16. The van der Waals surface area contributed by atoms with Gasteiger partial charge in [0.2, 0.25) is 5.76 Å². The Morgan fingerprint density at radius 2 is 1.77 bits per heavy atom. The zero-order chi connectivity index (χ0) is 18.9. The minimum atomic E-state index is -0.567. The molecule has 0 N–H and O–H groups in total. The van der Waals surface area contributed by atoms with Crippen LogP contribution in [0.1, 0.15) is 43.7 Å². The number of benzene rings is 1. The maximum absolute atomic E-state index is 12.1. The van der Waals surface area contributed by atoms with Gasteiger partial charge in [0.05, 0.1) is 13.2 Å². The zero-order valence-corrected chi connectivity index (χ0v) is 14.9. The summed E-state index contributed by atoms with van der Waals surface area (Å²) < 4.78 is 20.7. The number of para-hydroxylation sites is 1. The van der Waals surface area contributed by atoms with E-state index in [2.05, 4.69) is 0 Å². The van der Waals surface area contributed by atoms with Crippen LogP contribution < -0.4 is 0 Å². The van der Waals surface area contributed by atoms with Crippen molar-refractivity contribution in [2.45, 2.75) is 39.2 Å². The molecule has 0 bridgehead atoms. The second-order valence-electron chi connectivity index (χ2n) is 5.79. The van der Waals surface area contributed by atoms with Crippen LogP contribution in [0.15, 0.2) is 34.7 Å². The molecule has 0 aliphatic rings. The van der Waals surface area contributed by atoms with Crippen LogP contribution in [0.25, 0.3) is 11.0 Å². The van der Waals surface area contributed by atoms with E-state index in [1.165, 1.54) is 13.8 Å². The maximum Gasteiger partial charge on any atom is 0.374 e. The van der Waals surface area contributed by atoms with Gasteiger partial charge in [0.15, 0.2) is 0 Å². The van der Waals surface area contributed by atoms with Crippen LogP contribution in [-0.2, 0) is 23.8 Å². The van der Waals surface area contributed by atoms with E-state index < -0.39 is 18.0 Å². The molecule has 0 saturated carbocycles. The van der Waals surface area contributed by atoms with Gasteiger partial charge in [-0.15, -0.1) is 0 Å². The van der Waals surface area contributed by atoms with Crippen molar-refractivity contribution in [1.29, 1.82) is 0 Å². The standard InChI is InChI=1S/C19H22O7/c1-13(20)23-10-5-7-16(25-14(2)21)9-11-24-19(22)18-12-15-6-3-4-8-17(15)26-18/h3-4,6,8,12,16H,5,7,9-11H2,1-2H3/t16-/m1/s1. The molecule has 140 valence electrons. The second kappa shape index (κ2) is 9.60. The van der Waals surface area contributed by atoms with Crippen LogP contribution >= 0.6 is 0 Å². The number of carbonyl (C=O) groups excluding carboxylic acids is 3. The molecule has 0 radical (unpaired) electrons. The lowest BCUT2D eigenvalue weighted by Gasteiger charge is -2.16. The molecule has 7 heteroatoms. The lowest BCUT2D eigenvalue weighted by molar-refractivity contribution is -0.148. The average Bonchev–Trinajstić information content (AvgIpc) is 3.02. The number of esters is 3. The molecule has 1 aromatic heterocycles. The number of carbonyl (C=O) groups is 3. The van der Waals surface area contributed by atoms with Crippen LogP contribution in [0.2, 0.25) is 0 Å². The summed E-state index contributed by atoms with van der Waals surface area (Å²) in [5.41, 5.74) is 0.614. The van der Waals surface area contributed by atoms with E-state index in [0.29, 0.717) is 24.8 Å². The molecule has 0 fully saturated rings. The van der Waals surface area contributed by atoms with Crippen molar-refractivity contribution in [3.8, 4) is 0 Å². The van der Waals surface area contributed by atoms with E-state index in [1.54, 1.807) is 12.1 Å². The van der Waals surface area contributed by atoms with E-state index in [-0.39, 0.29) is 24.9 Å². The fourth-order valence-corrected chi connectivity index (χ4v) is 2.46. The summed E-state index contributed by atoms with van der Waals surface area (Å²) in [6.07, 6.45) is 1.00. The van der Waals surface area contributed by atoms with Gasteiger partial charge in [0, 0.05) is 25.7 Å². The summed E-state index contributed by atoms with van der Waals surface area (Å²) in [7, 11) is 0. The van der Waals surface area contributed by atoms with Crippen molar-refractivity contribution >= 4 is 28.9 Å². The van der Waals surface area contributed by atoms with Gasteiger partial charge in [0.25, 0.3) is 0 Å². The van der Waals surface area contributed by atoms with Crippen molar-refractivity contribution in [2.75, 3.05) is 13.2 Å². The summed E-state index contributed by atoms with van der Waals surface area (Å²) in [5.74, 6) is -1.20. The largest absolute Gasteiger partial charge is 0.466 e. The topological polar surface area (TPSA) is 92.0 Å². The summed E-state index contributed by atoms with van der Waals surface area (Å²) in [6, 6.07) is 8.91. The van der Waals surface area contributed by atoms with E-state index in [0.717, 1.165) is 5.39 Å². The Morgan fingerprint density at radius 1 is 1.00 bits per heavy atom. The third-order valence-corrected chi connectivity index (χ3v) is 3.61. The van der Waals surface area contributed by atoms with Crippen LogP contribution in [-0.4, -0.2) is 37.2 Å². The molecule has 0 saturated heterocycles. The fourth-order valence-electron chi connectivity index (χ4n) is 2.46. The molecule has 1 atom stereocenters. The first-order valence-electron chi connectivity index (χ1n) is 8.42. The quantitative estimate of drug-likeness (QED) is 0.384. The van der Waals surface area contributed by atoms with E-state index in [1.807, 2.05) is 18.2 Å². The minimum Gasteiger partial charge on any atom is -0.466 e. The number of fused-ring (bicyclic) bond motifs is 1. The van der Waals surface area contributed by atoms with Crippen molar-refractivity contribution in [3.63, 3.8) is 0 Å². The molecule has 2 rings (SSSR count). The number of rotatable bonds is 9. The van der Waals surface area contributed by atoms with Gasteiger partial charge in [-0.05, 0) is 25.0 Å². The molecule has 0 unspecified atom stereocenters. The van der Waals surface area contributed by atoms with Crippen LogP contribution in [0.4, 0.5) is 0 Å². The summed E-state index contributed by atoms with van der Waals surface area (Å²) >= 11 is 0. The summed E-state index contributed by atoms with van der Waals surface area (Å²) in [5, 5.41) is 0.822. The van der Waals surface area contributed by atoms with Crippen molar-refractivity contribution in [2.24, 2.45) is 0 Å². The van der Waals surface area contributed by atoms with E-state index in [9.17, 15) is 14.4 Å². The van der Waals surface area contributed by atoms with Gasteiger partial charge < -0.3 is 18.6 Å². The van der Waals surface area contributed by atoms with Gasteiger partial charge in [0.1, 0.15) is 11.7 Å². The monoisotopic (exact) mass is 362 g/mol. The Labute approximate surface area is 151 Å². The highest BCUT2D eigenvalue weighted by atomic mass is 16.6. The van der Waals surface area contributed by atoms with Crippen LogP contribution in [0, 0.1) is 0 Å². The second-order valence-corrected chi connectivity index (χ2v) is 5.79. The Balaban J connectivity index is 1.80. The first-order valence-corrected chi connectivity index (χ1v) is 8.42. The Bertz CT molecular complexity index is 729. The van der Waals surface area contributed by atoms with Crippen LogP contribution in [0.3, 0.4) is 0 Å². The molecular formula is C19H22O7. The third-order valence-electron chi connectivity index (χ3n) is 3.61. The minimum absolute atomic E-state index is 0.0847. The number of hydrogen-bond acceptors (Lipinski definition) is 7. The van der Waals surface area contributed by atoms with Crippen molar-refractivity contribution < 1.29 is 33.0 Å². The highest BCUT2D eigenvalue weighted by Crippen LogP contribution is 2.19. The molecule has 2 aromatic rings. The molecule has 0 amide bonds. The predicted molar refractivity (Wildman–Crippen MR) is 92.5 cm³/mol. The van der Waals surface area contributed by atoms with Crippen LogP contribution in [0.5, 0.6) is 0 Å². The smallest absolute Gasteiger partial charge is 0.374 e. The van der Waals surface area contributed by atoms with Gasteiger partial charge in [-0.2, -0.15) is 0 Å². The van der Waals surface area contributed by atoms with E-state index in [4.69, 9.17) is 18.6 Å².